The smallest absolute Gasteiger partial charge is 0.226 e. The number of furan rings is 1. The Labute approximate surface area is 167 Å². The molecule has 0 unspecified atom stereocenters. The van der Waals surface area contributed by atoms with Gasteiger partial charge in [0.25, 0.3) is 0 Å². The zero-order valence-electron chi connectivity index (χ0n) is 15.9. The lowest BCUT2D eigenvalue weighted by Crippen LogP contribution is -2.16. The van der Waals surface area contributed by atoms with Gasteiger partial charge in [0.1, 0.15) is 11.6 Å². The lowest BCUT2D eigenvalue weighted by atomic mass is 10.2. The number of hydrogen-bond acceptors (Lipinski definition) is 6. The van der Waals surface area contributed by atoms with Crippen molar-refractivity contribution in [3.8, 4) is 17.3 Å². The third-order valence-corrected chi connectivity index (χ3v) is 4.36. The molecule has 29 heavy (non-hydrogen) atoms. The van der Waals surface area contributed by atoms with Gasteiger partial charge in [0.15, 0.2) is 11.6 Å². The topological polar surface area (TPSA) is 89.3 Å². The minimum atomic E-state index is -0.0905. The molecule has 4 aromatic rings. The van der Waals surface area contributed by atoms with Gasteiger partial charge in [-0.05, 0) is 48.5 Å². The molecular formula is C22H20N4O3. The van der Waals surface area contributed by atoms with Crippen LogP contribution in [0.15, 0.2) is 71.3 Å². The molecule has 7 heteroatoms. The Morgan fingerprint density at radius 3 is 2.62 bits per heavy atom. The van der Waals surface area contributed by atoms with Gasteiger partial charge in [-0.15, -0.1) is 0 Å². The molecule has 7 nitrogen and oxygen atoms in total. The van der Waals surface area contributed by atoms with Crippen LogP contribution in [0.25, 0.3) is 22.5 Å². The molecule has 2 aromatic carbocycles. The summed E-state index contributed by atoms with van der Waals surface area (Å²) < 4.78 is 10.5. The largest absolute Gasteiger partial charge is 0.497 e. The molecule has 2 heterocycles. The van der Waals surface area contributed by atoms with Gasteiger partial charge in [-0.2, -0.15) is 0 Å². The Hall–Kier alpha value is -3.87. The van der Waals surface area contributed by atoms with Crippen molar-refractivity contribution in [2.24, 2.45) is 0 Å². The van der Waals surface area contributed by atoms with E-state index < -0.39 is 0 Å². The number of nitrogens with zero attached hydrogens (tertiary/aromatic N) is 2. The second-order valence-electron chi connectivity index (χ2n) is 6.34. The highest BCUT2D eigenvalue weighted by atomic mass is 16.5. The standard InChI is InChI=1S/C22H20N4O3/c1-28-16-10-8-15(9-11-16)24-20(27)12-13-23-21-17-5-2-3-6-18(17)25-22(26-21)19-7-4-14-29-19/h2-11,14H,12-13H2,1H3,(H,24,27)(H,23,25,26). The van der Waals surface area contributed by atoms with Crippen molar-refractivity contribution in [1.29, 1.82) is 0 Å². The molecule has 2 aromatic heterocycles. The molecular weight excluding hydrogens is 368 g/mol. The van der Waals surface area contributed by atoms with E-state index in [9.17, 15) is 4.79 Å². The number of aromatic nitrogens is 2. The summed E-state index contributed by atoms with van der Waals surface area (Å²) in [5, 5.41) is 7.01. The predicted octanol–water partition coefficient (Wildman–Crippen LogP) is 4.34. The van der Waals surface area contributed by atoms with Crippen LogP contribution >= 0.6 is 0 Å². The van der Waals surface area contributed by atoms with Gasteiger partial charge in [-0.3, -0.25) is 4.79 Å². The van der Waals surface area contributed by atoms with Gasteiger partial charge < -0.3 is 19.8 Å². The first kappa shape index (κ1) is 18.5. The number of fused-ring (bicyclic) bond motifs is 1. The average molecular weight is 388 g/mol. The number of anilines is 2. The molecule has 1 amide bonds. The van der Waals surface area contributed by atoms with Crippen LogP contribution < -0.4 is 15.4 Å². The summed E-state index contributed by atoms with van der Waals surface area (Å²) in [5.41, 5.74) is 1.53. The molecule has 0 aliphatic carbocycles. The van der Waals surface area contributed by atoms with Gasteiger partial charge in [0, 0.05) is 24.0 Å². The molecule has 0 radical (unpaired) electrons. The zero-order valence-corrected chi connectivity index (χ0v) is 15.9. The maximum atomic E-state index is 12.2. The van der Waals surface area contributed by atoms with E-state index in [1.54, 1.807) is 43.7 Å². The van der Waals surface area contributed by atoms with Crippen molar-refractivity contribution in [2.45, 2.75) is 6.42 Å². The summed E-state index contributed by atoms with van der Waals surface area (Å²) in [7, 11) is 1.60. The molecule has 0 aliphatic rings. The van der Waals surface area contributed by atoms with E-state index in [1.807, 2.05) is 30.3 Å². The maximum absolute atomic E-state index is 12.2. The number of para-hydroxylation sites is 1. The van der Waals surface area contributed by atoms with Crippen LogP contribution in [0.3, 0.4) is 0 Å². The average Bonchev–Trinajstić information content (AvgIpc) is 3.29. The fraction of sp³-hybridized carbons (Fsp3) is 0.136. The van der Waals surface area contributed by atoms with E-state index in [4.69, 9.17) is 9.15 Å². The van der Waals surface area contributed by atoms with E-state index in [2.05, 4.69) is 20.6 Å². The van der Waals surface area contributed by atoms with Gasteiger partial charge in [0.2, 0.25) is 5.91 Å². The molecule has 0 atom stereocenters. The van der Waals surface area contributed by atoms with Gasteiger partial charge in [-0.1, -0.05) is 12.1 Å². The summed E-state index contributed by atoms with van der Waals surface area (Å²) >= 11 is 0. The molecule has 0 saturated heterocycles. The highest BCUT2D eigenvalue weighted by Gasteiger charge is 2.11. The van der Waals surface area contributed by atoms with E-state index in [0.717, 1.165) is 22.3 Å². The molecule has 0 bridgehead atoms. The van der Waals surface area contributed by atoms with E-state index >= 15 is 0 Å². The number of ether oxygens (including phenoxy) is 1. The minimum Gasteiger partial charge on any atom is -0.497 e. The Balaban J connectivity index is 1.44. The van der Waals surface area contributed by atoms with Crippen molar-refractivity contribution >= 4 is 28.3 Å². The van der Waals surface area contributed by atoms with E-state index in [0.29, 0.717) is 30.4 Å². The van der Waals surface area contributed by atoms with Crippen LogP contribution in [0.1, 0.15) is 6.42 Å². The van der Waals surface area contributed by atoms with Crippen molar-refractivity contribution in [3.63, 3.8) is 0 Å². The third kappa shape index (κ3) is 4.35. The third-order valence-electron chi connectivity index (χ3n) is 4.36. The molecule has 0 saturated carbocycles. The normalized spacial score (nSPS) is 10.7. The van der Waals surface area contributed by atoms with Crippen molar-refractivity contribution < 1.29 is 13.9 Å². The summed E-state index contributed by atoms with van der Waals surface area (Å²) in [5.74, 6) is 2.41. The van der Waals surface area contributed by atoms with Crippen molar-refractivity contribution in [1.82, 2.24) is 9.97 Å². The SMILES string of the molecule is COc1ccc(NC(=O)CCNc2nc(-c3ccco3)nc3ccccc23)cc1. The van der Waals surface area contributed by atoms with Gasteiger partial charge in [0.05, 0.1) is 18.9 Å². The van der Waals surface area contributed by atoms with Crippen LogP contribution in [-0.2, 0) is 4.79 Å². The Morgan fingerprint density at radius 1 is 1.03 bits per heavy atom. The Kier molecular flexibility index (Phi) is 5.38. The molecule has 4 rings (SSSR count). The number of benzene rings is 2. The summed E-state index contributed by atoms with van der Waals surface area (Å²) in [6.45, 7) is 0.431. The summed E-state index contributed by atoms with van der Waals surface area (Å²) in [6.07, 6.45) is 1.88. The van der Waals surface area contributed by atoms with Crippen LogP contribution in [-0.4, -0.2) is 29.5 Å². The first-order valence-electron chi connectivity index (χ1n) is 9.21. The Morgan fingerprint density at radius 2 is 1.86 bits per heavy atom. The Bertz CT molecular complexity index is 1110. The number of nitrogens with one attached hydrogen (secondary N) is 2. The number of rotatable bonds is 7. The molecule has 2 N–H and O–H groups in total. The fourth-order valence-electron chi connectivity index (χ4n) is 2.92. The lowest BCUT2D eigenvalue weighted by molar-refractivity contribution is -0.115. The van der Waals surface area contributed by atoms with Gasteiger partial charge >= 0.3 is 0 Å². The zero-order chi connectivity index (χ0) is 20.1. The van der Waals surface area contributed by atoms with Crippen LogP contribution in [0.5, 0.6) is 5.75 Å². The van der Waals surface area contributed by atoms with Crippen molar-refractivity contribution in [3.05, 3.63) is 66.9 Å². The second kappa shape index (κ2) is 8.43. The number of methoxy groups -OCH3 is 1. The van der Waals surface area contributed by atoms with Crippen molar-refractivity contribution in [2.75, 3.05) is 24.3 Å². The van der Waals surface area contributed by atoms with Crippen LogP contribution in [0.2, 0.25) is 0 Å². The minimum absolute atomic E-state index is 0.0905. The first-order chi connectivity index (χ1) is 14.2. The van der Waals surface area contributed by atoms with E-state index in [1.165, 1.54) is 0 Å². The monoisotopic (exact) mass is 388 g/mol. The predicted molar refractivity (Wildman–Crippen MR) is 112 cm³/mol. The molecule has 0 spiro atoms. The lowest BCUT2D eigenvalue weighted by Gasteiger charge is -2.10. The van der Waals surface area contributed by atoms with Crippen LogP contribution in [0.4, 0.5) is 11.5 Å². The maximum Gasteiger partial charge on any atom is 0.226 e. The fourth-order valence-corrected chi connectivity index (χ4v) is 2.92. The highest BCUT2D eigenvalue weighted by Crippen LogP contribution is 2.25. The number of carbonyl (C=O) groups excluding carboxylic acids is 1. The number of amides is 1. The second-order valence-corrected chi connectivity index (χ2v) is 6.34. The summed E-state index contributed by atoms with van der Waals surface area (Å²) in [4.78, 5) is 21.4. The number of hydrogen-bond donors (Lipinski definition) is 2. The summed E-state index contributed by atoms with van der Waals surface area (Å²) in [6, 6.07) is 18.5. The van der Waals surface area contributed by atoms with Gasteiger partial charge in [-0.25, -0.2) is 9.97 Å². The molecule has 0 fully saturated rings. The molecule has 146 valence electrons. The first-order valence-corrected chi connectivity index (χ1v) is 9.21. The van der Waals surface area contributed by atoms with Crippen LogP contribution in [0, 0.1) is 0 Å². The highest BCUT2D eigenvalue weighted by molar-refractivity contribution is 5.92. The van der Waals surface area contributed by atoms with E-state index in [-0.39, 0.29) is 5.91 Å². The number of carbonyl (C=O) groups is 1. The molecule has 0 aliphatic heterocycles. The quantitative estimate of drug-likeness (QED) is 0.490.